The summed E-state index contributed by atoms with van der Waals surface area (Å²) < 4.78 is 17.0. The number of nitrogen functional groups attached to an aromatic ring is 1. The Bertz CT molecular complexity index is 1320. The average molecular weight is 426 g/mol. The number of hydrogen-bond acceptors (Lipinski definition) is 6. The van der Waals surface area contributed by atoms with Gasteiger partial charge in [-0.3, -0.25) is 9.36 Å². The Morgan fingerprint density at radius 1 is 1.23 bits per heavy atom. The number of hydrogen-bond donors (Lipinski definition) is 1. The summed E-state index contributed by atoms with van der Waals surface area (Å²) in [5.41, 5.74) is 5.77. The Morgan fingerprint density at radius 2 is 2.00 bits per heavy atom. The lowest BCUT2D eigenvalue weighted by atomic mass is 9.89. The molecular formula is C20H17ClFN7O. The van der Waals surface area contributed by atoms with Crippen LogP contribution >= 0.6 is 11.6 Å². The van der Waals surface area contributed by atoms with Crippen molar-refractivity contribution in [3.8, 4) is 5.69 Å². The summed E-state index contributed by atoms with van der Waals surface area (Å²) in [7, 11) is 0. The van der Waals surface area contributed by atoms with Gasteiger partial charge in [0.1, 0.15) is 5.02 Å². The van der Waals surface area contributed by atoms with Gasteiger partial charge in [-0.2, -0.15) is 10.1 Å². The van der Waals surface area contributed by atoms with E-state index in [1.54, 1.807) is 12.1 Å². The predicted molar refractivity (Wildman–Crippen MR) is 111 cm³/mol. The van der Waals surface area contributed by atoms with Gasteiger partial charge >= 0.3 is 0 Å². The second-order valence-corrected chi connectivity index (χ2v) is 7.67. The largest absolute Gasteiger partial charge is 0.368 e. The highest BCUT2D eigenvalue weighted by Crippen LogP contribution is 2.43. The number of benzene rings is 1. The van der Waals surface area contributed by atoms with Gasteiger partial charge < -0.3 is 10.6 Å². The number of halogens is 2. The minimum absolute atomic E-state index is 0.101. The normalized spacial score (nSPS) is 18.6. The number of para-hydroxylation sites is 1. The molecule has 0 unspecified atom stereocenters. The first kappa shape index (κ1) is 18.6. The number of nitrogens with two attached hydrogens (primary N) is 1. The van der Waals surface area contributed by atoms with E-state index in [9.17, 15) is 9.18 Å². The number of aromatic nitrogens is 5. The van der Waals surface area contributed by atoms with E-state index in [2.05, 4.69) is 15.1 Å². The average Bonchev–Trinajstić information content (AvgIpc) is 3.10. The third kappa shape index (κ3) is 2.73. The molecule has 1 aliphatic heterocycles. The van der Waals surface area contributed by atoms with Gasteiger partial charge in [-0.05, 0) is 18.2 Å². The third-order valence-electron chi connectivity index (χ3n) is 5.32. The van der Waals surface area contributed by atoms with E-state index < -0.39 is 11.4 Å². The molecule has 4 aromatic rings. The van der Waals surface area contributed by atoms with E-state index in [0.29, 0.717) is 28.9 Å². The van der Waals surface area contributed by atoms with Gasteiger partial charge in [0.2, 0.25) is 5.95 Å². The zero-order chi connectivity index (χ0) is 21.0. The number of nitrogens with zero attached hydrogens (tertiary/aromatic N) is 6. The molecule has 2 N–H and O–H groups in total. The van der Waals surface area contributed by atoms with Crippen molar-refractivity contribution in [3.63, 3.8) is 0 Å². The van der Waals surface area contributed by atoms with Gasteiger partial charge in [0.05, 0.1) is 17.9 Å². The van der Waals surface area contributed by atoms with Crippen LogP contribution in [-0.2, 0) is 0 Å². The van der Waals surface area contributed by atoms with Crippen LogP contribution in [0, 0.1) is 11.7 Å². The van der Waals surface area contributed by atoms with E-state index in [1.807, 2.05) is 30.0 Å². The molecule has 0 saturated carbocycles. The molecule has 0 aliphatic carbocycles. The lowest BCUT2D eigenvalue weighted by Gasteiger charge is -2.47. The molecule has 30 heavy (non-hydrogen) atoms. The van der Waals surface area contributed by atoms with Gasteiger partial charge in [-0.1, -0.05) is 36.7 Å². The van der Waals surface area contributed by atoms with Crippen LogP contribution in [0.5, 0.6) is 0 Å². The van der Waals surface area contributed by atoms with Crippen molar-refractivity contribution in [2.24, 2.45) is 5.92 Å². The standard InChI is InChI=1S/C20H17ClFN7O/c1-11-10-27(17-13(21)9-24-20(23)25-17)15(11)18-26-28-8-7-14(22)16(28)19(30)29(18)12-5-3-2-4-6-12/h2-9,11,15H,10H2,1H3,(H2,23,24,25)/t11-,15-/m0/s1. The van der Waals surface area contributed by atoms with Crippen LogP contribution < -0.4 is 16.2 Å². The number of rotatable bonds is 3. The number of anilines is 2. The van der Waals surface area contributed by atoms with Crippen LogP contribution in [0.4, 0.5) is 16.2 Å². The van der Waals surface area contributed by atoms with E-state index in [0.717, 1.165) is 0 Å². The molecule has 4 heterocycles. The van der Waals surface area contributed by atoms with E-state index in [4.69, 9.17) is 17.3 Å². The first-order chi connectivity index (χ1) is 14.5. The molecular weight excluding hydrogens is 409 g/mol. The Kier molecular flexibility index (Phi) is 4.21. The molecule has 5 rings (SSSR count). The maximum atomic E-state index is 14.3. The minimum atomic E-state index is -0.617. The Labute approximate surface area is 175 Å². The SMILES string of the molecule is C[C@H]1CN(c2nc(N)ncc2Cl)[C@@H]1c1nn2ccc(F)c2c(=O)n1-c1ccccc1. The highest BCUT2D eigenvalue weighted by Gasteiger charge is 2.42. The van der Waals surface area contributed by atoms with Gasteiger partial charge in [0.15, 0.2) is 23.0 Å². The van der Waals surface area contributed by atoms with Gasteiger partial charge in [-0.15, -0.1) is 0 Å². The van der Waals surface area contributed by atoms with Crippen LogP contribution in [0.25, 0.3) is 11.2 Å². The lowest BCUT2D eigenvalue weighted by Crippen LogP contribution is -2.51. The van der Waals surface area contributed by atoms with Crippen LogP contribution in [0.2, 0.25) is 5.02 Å². The van der Waals surface area contributed by atoms with Gasteiger partial charge in [-0.25, -0.2) is 13.9 Å². The van der Waals surface area contributed by atoms with Crippen molar-refractivity contribution in [1.82, 2.24) is 24.1 Å². The maximum absolute atomic E-state index is 14.3. The van der Waals surface area contributed by atoms with Crippen molar-refractivity contribution in [1.29, 1.82) is 0 Å². The molecule has 1 fully saturated rings. The van der Waals surface area contributed by atoms with Crippen molar-refractivity contribution >= 4 is 28.9 Å². The molecule has 0 amide bonds. The predicted octanol–water partition coefficient (Wildman–Crippen LogP) is 2.85. The van der Waals surface area contributed by atoms with Crippen molar-refractivity contribution in [3.05, 3.63) is 75.8 Å². The van der Waals surface area contributed by atoms with E-state index in [-0.39, 0.29) is 23.4 Å². The van der Waals surface area contributed by atoms with Crippen molar-refractivity contribution < 1.29 is 4.39 Å². The Hall–Kier alpha value is -3.46. The molecule has 1 aliphatic rings. The third-order valence-corrected chi connectivity index (χ3v) is 5.58. The Balaban J connectivity index is 1.75. The highest BCUT2D eigenvalue weighted by atomic mass is 35.5. The molecule has 10 heteroatoms. The molecule has 1 saturated heterocycles. The fraction of sp³-hybridized carbons (Fsp3) is 0.200. The summed E-state index contributed by atoms with van der Waals surface area (Å²) in [5.74, 6) is 0.552. The highest BCUT2D eigenvalue weighted by molar-refractivity contribution is 6.32. The summed E-state index contributed by atoms with van der Waals surface area (Å²) in [6, 6.07) is 9.95. The lowest BCUT2D eigenvalue weighted by molar-refractivity contribution is 0.300. The summed E-state index contributed by atoms with van der Waals surface area (Å²) in [5, 5.41) is 4.96. The molecule has 2 atom stereocenters. The summed E-state index contributed by atoms with van der Waals surface area (Å²) >= 11 is 6.32. The van der Waals surface area contributed by atoms with Crippen molar-refractivity contribution in [2.75, 3.05) is 17.2 Å². The first-order valence-electron chi connectivity index (χ1n) is 9.35. The molecule has 0 spiro atoms. The van der Waals surface area contributed by atoms with Gasteiger partial charge in [0, 0.05) is 18.7 Å². The monoisotopic (exact) mass is 425 g/mol. The van der Waals surface area contributed by atoms with Crippen molar-refractivity contribution in [2.45, 2.75) is 13.0 Å². The molecule has 1 aromatic carbocycles. The molecule has 3 aromatic heterocycles. The topological polar surface area (TPSA) is 94.3 Å². The Morgan fingerprint density at radius 3 is 2.73 bits per heavy atom. The zero-order valence-corrected chi connectivity index (χ0v) is 16.7. The van der Waals surface area contributed by atoms with Crippen LogP contribution in [0.15, 0.2) is 53.6 Å². The fourth-order valence-corrected chi connectivity index (χ4v) is 4.14. The minimum Gasteiger partial charge on any atom is -0.368 e. The first-order valence-corrected chi connectivity index (χ1v) is 9.73. The van der Waals surface area contributed by atoms with Crippen LogP contribution in [0.1, 0.15) is 18.8 Å². The van der Waals surface area contributed by atoms with Gasteiger partial charge in [0.25, 0.3) is 5.56 Å². The van der Waals surface area contributed by atoms with Crippen LogP contribution in [-0.4, -0.2) is 30.7 Å². The second kappa shape index (κ2) is 6.81. The molecule has 0 radical (unpaired) electrons. The molecule has 152 valence electrons. The quantitative estimate of drug-likeness (QED) is 0.542. The molecule has 8 nitrogen and oxygen atoms in total. The summed E-state index contributed by atoms with van der Waals surface area (Å²) in [6.07, 6.45) is 2.88. The smallest absolute Gasteiger partial charge is 0.285 e. The fourth-order valence-electron chi connectivity index (χ4n) is 3.94. The van der Waals surface area contributed by atoms with E-state index >= 15 is 0 Å². The maximum Gasteiger partial charge on any atom is 0.285 e. The number of fused-ring (bicyclic) bond motifs is 1. The van der Waals surface area contributed by atoms with E-state index in [1.165, 1.54) is 27.5 Å². The van der Waals surface area contributed by atoms with Crippen LogP contribution in [0.3, 0.4) is 0 Å². The summed E-state index contributed by atoms with van der Waals surface area (Å²) in [4.78, 5) is 23.4. The second-order valence-electron chi connectivity index (χ2n) is 7.27. The zero-order valence-electron chi connectivity index (χ0n) is 15.9. The molecule has 0 bridgehead atoms. The summed E-state index contributed by atoms with van der Waals surface area (Å²) in [6.45, 7) is 2.69.